The van der Waals surface area contributed by atoms with Gasteiger partial charge in [-0.2, -0.15) is 0 Å². The molecule has 12 heteroatoms. The van der Waals surface area contributed by atoms with Crippen LogP contribution in [0.15, 0.2) is 52.3 Å². The predicted octanol–water partition coefficient (Wildman–Crippen LogP) is 1.06. The highest BCUT2D eigenvalue weighted by Crippen LogP contribution is 2.30. The van der Waals surface area contributed by atoms with Crippen molar-refractivity contribution in [1.82, 2.24) is 0 Å². The van der Waals surface area contributed by atoms with Crippen molar-refractivity contribution in [2.24, 2.45) is 10.3 Å². The van der Waals surface area contributed by atoms with Gasteiger partial charge < -0.3 is 5.32 Å². The first-order chi connectivity index (χ1) is 11.9. The van der Waals surface area contributed by atoms with Crippen LogP contribution in [-0.4, -0.2) is 21.8 Å². The van der Waals surface area contributed by atoms with E-state index >= 15 is 0 Å². The summed E-state index contributed by atoms with van der Waals surface area (Å²) in [5.41, 5.74) is 0.0863. The fourth-order valence-corrected chi connectivity index (χ4v) is 3.34. The molecule has 1 unspecified atom stereocenters. The maximum absolute atomic E-state index is 11.4. The predicted molar refractivity (Wildman–Crippen MR) is 94.3 cm³/mol. The van der Waals surface area contributed by atoms with Gasteiger partial charge in [0.2, 0.25) is 20.0 Å². The van der Waals surface area contributed by atoms with Crippen molar-refractivity contribution in [2.45, 2.75) is 22.8 Å². The van der Waals surface area contributed by atoms with Crippen LogP contribution < -0.4 is 15.6 Å². The third-order valence-electron chi connectivity index (χ3n) is 3.55. The maximum atomic E-state index is 11.4. The van der Waals surface area contributed by atoms with Gasteiger partial charge in [-0.05, 0) is 36.8 Å². The Hall–Kier alpha value is -2.54. The summed E-state index contributed by atoms with van der Waals surface area (Å²) in [6.45, 7) is 1.65. The van der Waals surface area contributed by atoms with Crippen LogP contribution >= 0.6 is 0 Å². The quantitative estimate of drug-likeness (QED) is 0.479. The molecule has 10 nitrogen and oxygen atoms in total. The number of nitro groups is 1. The van der Waals surface area contributed by atoms with Crippen molar-refractivity contribution in [3.63, 3.8) is 0 Å². The zero-order valence-electron chi connectivity index (χ0n) is 13.5. The van der Waals surface area contributed by atoms with Crippen LogP contribution in [0.4, 0.5) is 11.4 Å². The normalized spacial score (nSPS) is 13.2. The van der Waals surface area contributed by atoms with E-state index in [2.05, 4.69) is 5.32 Å². The zero-order chi connectivity index (χ0) is 19.7. The largest absolute Gasteiger partial charge is 0.373 e. The molecule has 0 saturated heterocycles. The Morgan fingerprint density at radius 3 is 2.12 bits per heavy atom. The lowest BCUT2D eigenvalue weighted by molar-refractivity contribution is -0.384. The lowest BCUT2D eigenvalue weighted by Crippen LogP contribution is -2.15. The maximum Gasteiger partial charge on any atom is 0.293 e. The number of anilines is 1. The Morgan fingerprint density at radius 1 is 1.00 bits per heavy atom. The van der Waals surface area contributed by atoms with E-state index in [1.165, 1.54) is 24.3 Å². The first kappa shape index (κ1) is 19.8. The SMILES string of the molecule is CC(Nc1ccc(S(N)(=O)=O)cc1[N+](=O)[O-])c1cccc(S(N)(=O)=O)c1. The van der Waals surface area contributed by atoms with Gasteiger partial charge in [-0.25, -0.2) is 27.1 Å². The average Bonchev–Trinajstić information content (AvgIpc) is 2.53. The molecule has 2 aromatic carbocycles. The number of hydrogen-bond acceptors (Lipinski definition) is 7. The smallest absolute Gasteiger partial charge is 0.293 e. The van der Waals surface area contributed by atoms with Crippen molar-refractivity contribution in [1.29, 1.82) is 0 Å². The van der Waals surface area contributed by atoms with Crippen molar-refractivity contribution in [3.8, 4) is 0 Å². The van der Waals surface area contributed by atoms with Gasteiger partial charge in [-0.3, -0.25) is 10.1 Å². The standard InChI is InChI=1S/C14H16N4O6S2/c1-9(10-3-2-4-11(7-10)25(15,21)22)17-13-6-5-12(26(16,23)24)8-14(13)18(19)20/h2-9,17H,1H3,(H2,15,21,22)(H2,16,23,24). The fraction of sp³-hybridized carbons (Fsp3) is 0.143. The second-order valence-corrected chi connectivity index (χ2v) is 8.59. The van der Waals surface area contributed by atoms with Crippen LogP contribution in [0.25, 0.3) is 0 Å². The molecule has 0 aliphatic rings. The van der Waals surface area contributed by atoms with Crippen molar-refractivity contribution in [3.05, 3.63) is 58.1 Å². The van der Waals surface area contributed by atoms with E-state index in [4.69, 9.17) is 10.3 Å². The molecule has 0 aromatic heterocycles. The summed E-state index contributed by atoms with van der Waals surface area (Å²) in [4.78, 5) is 10.0. The Kier molecular flexibility index (Phi) is 5.32. The fourth-order valence-electron chi connectivity index (χ4n) is 2.24. The van der Waals surface area contributed by atoms with Gasteiger partial charge in [-0.15, -0.1) is 0 Å². The summed E-state index contributed by atoms with van der Waals surface area (Å²) in [7, 11) is -7.98. The molecule has 0 fully saturated rings. The lowest BCUT2D eigenvalue weighted by atomic mass is 10.1. The van der Waals surface area contributed by atoms with Gasteiger partial charge in [0.05, 0.1) is 14.7 Å². The Labute approximate surface area is 150 Å². The highest BCUT2D eigenvalue weighted by atomic mass is 32.2. The van der Waals surface area contributed by atoms with Crippen molar-refractivity contribution >= 4 is 31.4 Å². The van der Waals surface area contributed by atoms with E-state index in [9.17, 15) is 26.9 Å². The Morgan fingerprint density at radius 2 is 1.58 bits per heavy atom. The number of sulfonamides is 2. The molecule has 0 aliphatic heterocycles. The number of benzene rings is 2. The van der Waals surface area contributed by atoms with Gasteiger partial charge in [-0.1, -0.05) is 12.1 Å². The number of nitrogens with zero attached hydrogens (tertiary/aromatic N) is 1. The number of rotatable bonds is 6. The molecule has 5 N–H and O–H groups in total. The highest BCUT2D eigenvalue weighted by molar-refractivity contribution is 7.89. The number of nitrogens with one attached hydrogen (secondary N) is 1. The monoisotopic (exact) mass is 400 g/mol. The van der Waals surface area contributed by atoms with Crippen LogP contribution in [-0.2, 0) is 20.0 Å². The number of nitrogens with two attached hydrogens (primary N) is 2. The minimum absolute atomic E-state index is 0.0518. The van der Waals surface area contributed by atoms with Gasteiger partial charge in [0.25, 0.3) is 5.69 Å². The molecule has 0 bridgehead atoms. The summed E-state index contributed by atoms with van der Waals surface area (Å²) in [6, 6.07) is 8.46. The van der Waals surface area contributed by atoms with Crippen LogP contribution in [0, 0.1) is 10.1 Å². The van der Waals surface area contributed by atoms with Crippen molar-refractivity contribution in [2.75, 3.05) is 5.32 Å². The molecule has 0 amide bonds. The van der Waals surface area contributed by atoms with E-state index < -0.39 is 41.6 Å². The second-order valence-electron chi connectivity index (χ2n) is 5.46. The molecule has 0 aliphatic carbocycles. The lowest BCUT2D eigenvalue weighted by Gasteiger charge is -2.16. The van der Waals surface area contributed by atoms with Gasteiger partial charge >= 0.3 is 0 Å². The van der Waals surface area contributed by atoms with E-state index in [1.807, 2.05) is 0 Å². The molecular formula is C14H16N4O6S2. The Balaban J connectivity index is 2.41. The van der Waals surface area contributed by atoms with Gasteiger partial charge in [0.1, 0.15) is 5.69 Å². The summed E-state index contributed by atoms with van der Waals surface area (Å²) in [6.07, 6.45) is 0. The number of hydrogen-bond donors (Lipinski definition) is 3. The second kappa shape index (κ2) is 6.99. The average molecular weight is 400 g/mol. The molecule has 140 valence electrons. The van der Waals surface area contributed by atoms with Crippen molar-refractivity contribution < 1.29 is 21.8 Å². The summed E-state index contributed by atoms with van der Waals surface area (Å²) >= 11 is 0. The Bertz CT molecular complexity index is 1070. The minimum atomic E-state index is -4.09. The molecule has 2 aromatic rings. The molecule has 0 heterocycles. The minimum Gasteiger partial charge on any atom is -0.373 e. The van der Waals surface area contributed by atoms with E-state index in [-0.39, 0.29) is 10.6 Å². The molecule has 0 radical (unpaired) electrons. The van der Waals surface area contributed by atoms with Crippen LogP contribution in [0.1, 0.15) is 18.5 Å². The van der Waals surface area contributed by atoms with Gasteiger partial charge in [0.15, 0.2) is 0 Å². The summed E-state index contributed by atoms with van der Waals surface area (Å²) < 4.78 is 45.6. The van der Waals surface area contributed by atoms with E-state index in [0.29, 0.717) is 5.56 Å². The highest BCUT2D eigenvalue weighted by Gasteiger charge is 2.21. The molecule has 0 saturated carbocycles. The first-order valence-electron chi connectivity index (χ1n) is 7.10. The molecule has 0 spiro atoms. The zero-order valence-corrected chi connectivity index (χ0v) is 15.1. The van der Waals surface area contributed by atoms with Gasteiger partial charge in [0, 0.05) is 12.1 Å². The third-order valence-corrected chi connectivity index (χ3v) is 5.38. The first-order valence-corrected chi connectivity index (χ1v) is 10.2. The molecule has 1 atom stereocenters. The molecular weight excluding hydrogens is 384 g/mol. The third kappa shape index (κ3) is 4.54. The van der Waals surface area contributed by atoms with Crippen LogP contribution in [0.3, 0.4) is 0 Å². The molecule has 26 heavy (non-hydrogen) atoms. The summed E-state index contributed by atoms with van der Waals surface area (Å²) in [5.74, 6) is 0. The summed E-state index contributed by atoms with van der Waals surface area (Å²) in [5, 5.41) is 24.2. The topological polar surface area (TPSA) is 175 Å². The molecule has 2 rings (SSSR count). The number of nitro benzene ring substituents is 1. The van der Waals surface area contributed by atoms with E-state index in [0.717, 1.165) is 12.1 Å². The van der Waals surface area contributed by atoms with E-state index in [1.54, 1.807) is 13.0 Å². The van der Waals surface area contributed by atoms with Crippen LogP contribution in [0.5, 0.6) is 0 Å². The van der Waals surface area contributed by atoms with Crippen LogP contribution in [0.2, 0.25) is 0 Å². The number of primary sulfonamides is 2.